The van der Waals surface area contributed by atoms with Crippen molar-refractivity contribution in [1.29, 1.82) is 0 Å². The molecule has 0 aromatic carbocycles. The second-order valence-electron chi connectivity index (χ2n) is 0. The fourth-order valence-corrected chi connectivity index (χ4v) is 0. The van der Waals surface area contributed by atoms with Crippen molar-refractivity contribution in [3.05, 3.63) is 0 Å². The van der Waals surface area contributed by atoms with E-state index in [0.29, 0.717) is 0 Å². The Kier molecular flexibility index (Phi) is 27700. The van der Waals surface area contributed by atoms with Crippen LogP contribution < -0.4 is 0 Å². The molecule has 0 aromatic heterocycles. The first kappa shape index (κ1) is 570. The van der Waals surface area contributed by atoms with Crippen molar-refractivity contribution in [2.75, 3.05) is 0 Å². The second-order valence-corrected chi connectivity index (χ2v) is 0. The minimum Gasteiger partial charge on any atom is -1.00 e. The monoisotopic (exact) mass is 214 g/mol. The standard InChI is InChI=1S/BrH.Mg.6H2O.2H/h1H;;6*1H2;;/q;+2;;;;;;;2*-1. The molecule has 0 aliphatic rings. The maximum atomic E-state index is 0. The van der Waals surface area contributed by atoms with E-state index in [9.17, 15) is 0 Å². The van der Waals surface area contributed by atoms with Crippen LogP contribution in [-0.2, 0) is 0 Å². The molecule has 0 saturated heterocycles. The SMILES string of the molecule is Br.O.O.O.O.O.O.[H-].[H-].[Mg+2]. The summed E-state index contributed by atoms with van der Waals surface area (Å²) in [6.07, 6.45) is 0. The fraction of sp³-hybridized carbons (Fsp3) is 0. The van der Waals surface area contributed by atoms with Crippen LogP contribution in [0.4, 0.5) is 0 Å². The molecule has 0 aliphatic carbocycles. The normalized spacial score (nSPS) is 0. The van der Waals surface area contributed by atoms with Crippen LogP contribution in [0, 0.1) is 0 Å². The van der Waals surface area contributed by atoms with Crippen LogP contribution in [0.25, 0.3) is 0 Å². The molecule has 0 unspecified atom stereocenters. The van der Waals surface area contributed by atoms with Gasteiger partial charge < -0.3 is 35.7 Å². The summed E-state index contributed by atoms with van der Waals surface area (Å²) in [6, 6.07) is 0. The summed E-state index contributed by atoms with van der Waals surface area (Å²) in [5, 5.41) is 0. The van der Waals surface area contributed by atoms with Gasteiger partial charge in [-0.2, -0.15) is 0 Å². The molecule has 6 nitrogen and oxygen atoms in total. The summed E-state index contributed by atoms with van der Waals surface area (Å²) in [7, 11) is 0. The van der Waals surface area contributed by atoms with E-state index >= 15 is 0 Å². The summed E-state index contributed by atoms with van der Waals surface area (Å²) in [4.78, 5) is 0. The zero-order valence-corrected chi connectivity index (χ0v) is 7.24. The fourth-order valence-electron chi connectivity index (χ4n) is 0. The second kappa shape index (κ2) is 388. The van der Waals surface area contributed by atoms with Crippen LogP contribution in [0.2, 0.25) is 0 Å². The Morgan fingerprint density at radius 1 is 0.500 bits per heavy atom. The molecule has 0 amide bonds. The van der Waals surface area contributed by atoms with Gasteiger partial charge in [-0.3, -0.25) is 0 Å². The molecule has 0 radical (unpaired) electrons. The molecule has 0 rings (SSSR count). The maximum Gasteiger partial charge on any atom is 2.00 e. The van der Waals surface area contributed by atoms with Crippen LogP contribution in [-0.4, -0.2) is 55.9 Å². The van der Waals surface area contributed by atoms with Crippen LogP contribution in [0.5, 0.6) is 0 Å². The van der Waals surface area contributed by atoms with E-state index in [1.54, 1.807) is 0 Å². The molecule has 0 bridgehead atoms. The quantitative estimate of drug-likeness (QED) is 0.352. The Morgan fingerprint density at radius 2 is 0.500 bits per heavy atom. The molecule has 0 fully saturated rings. The first-order chi connectivity index (χ1) is 0. The van der Waals surface area contributed by atoms with Gasteiger partial charge in [-0.1, -0.05) is 0 Å². The smallest absolute Gasteiger partial charge is 1.00 e. The van der Waals surface area contributed by atoms with Gasteiger partial charge in [0, 0.05) is 0 Å². The Balaban J connectivity index is 0. The third-order valence-electron chi connectivity index (χ3n) is 0. The summed E-state index contributed by atoms with van der Waals surface area (Å²) in [5.74, 6) is 0. The van der Waals surface area contributed by atoms with E-state index in [2.05, 4.69) is 0 Å². The number of halogens is 1. The Hall–Kier alpha value is 1.01. The van der Waals surface area contributed by atoms with Crippen molar-refractivity contribution < 1.29 is 35.7 Å². The molecule has 60 valence electrons. The number of rotatable bonds is 0. The average molecular weight is 215 g/mol. The van der Waals surface area contributed by atoms with Gasteiger partial charge in [0.25, 0.3) is 0 Å². The van der Waals surface area contributed by atoms with Crippen molar-refractivity contribution >= 4 is 40.0 Å². The maximum absolute atomic E-state index is 0. The third-order valence-corrected chi connectivity index (χ3v) is 0. The van der Waals surface area contributed by atoms with E-state index in [1.165, 1.54) is 0 Å². The topological polar surface area (TPSA) is 189 Å². The van der Waals surface area contributed by atoms with Crippen LogP contribution in [0.3, 0.4) is 0 Å². The third kappa shape index (κ3) is 250. The van der Waals surface area contributed by atoms with Gasteiger partial charge in [0.15, 0.2) is 0 Å². The van der Waals surface area contributed by atoms with Gasteiger partial charge in [0.2, 0.25) is 0 Å². The molecule has 0 spiro atoms. The summed E-state index contributed by atoms with van der Waals surface area (Å²) < 4.78 is 0. The summed E-state index contributed by atoms with van der Waals surface area (Å²) in [6.45, 7) is 0. The number of hydrogen-bond acceptors (Lipinski definition) is 0. The van der Waals surface area contributed by atoms with E-state index in [-0.39, 0.29) is 75.7 Å². The zero-order chi connectivity index (χ0) is 0. The van der Waals surface area contributed by atoms with Gasteiger partial charge in [-0.05, 0) is 0 Å². The van der Waals surface area contributed by atoms with E-state index in [0.717, 1.165) is 0 Å². The van der Waals surface area contributed by atoms with Gasteiger partial charge in [-0.15, -0.1) is 17.0 Å². The van der Waals surface area contributed by atoms with Gasteiger partial charge in [0.05, 0.1) is 0 Å². The molecule has 12 N–H and O–H groups in total. The van der Waals surface area contributed by atoms with E-state index < -0.39 is 0 Å². The van der Waals surface area contributed by atoms with Gasteiger partial charge in [-0.25, -0.2) is 0 Å². The van der Waals surface area contributed by atoms with Crippen LogP contribution in [0.15, 0.2) is 0 Å². The van der Waals surface area contributed by atoms with Crippen molar-refractivity contribution in [3.8, 4) is 0 Å². The zero-order valence-electron chi connectivity index (χ0n) is 6.12. The van der Waals surface area contributed by atoms with Crippen molar-refractivity contribution in [2.45, 2.75) is 0 Å². The van der Waals surface area contributed by atoms with Gasteiger partial charge >= 0.3 is 23.1 Å². The van der Waals surface area contributed by atoms with E-state index in [4.69, 9.17) is 0 Å². The predicted molar refractivity (Wildman–Crippen MR) is 40.0 cm³/mol. The summed E-state index contributed by atoms with van der Waals surface area (Å²) in [5.41, 5.74) is 0. The van der Waals surface area contributed by atoms with Gasteiger partial charge in [0.1, 0.15) is 0 Å². The molecular formula is H15BrMgO6. The first-order valence-electron chi connectivity index (χ1n) is 0. The molecular weight excluding hydrogens is 200 g/mol. The Morgan fingerprint density at radius 3 is 0.500 bits per heavy atom. The van der Waals surface area contributed by atoms with Crippen LogP contribution in [0.1, 0.15) is 2.85 Å². The number of hydrogen-bond donors (Lipinski definition) is 0. The summed E-state index contributed by atoms with van der Waals surface area (Å²) >= 11 is 0. The minimum atomic E-state index is 0. The predicted octanol–water partition coefficient (Wildman–Crippen LogP) is -4.53. The minimum absolute atomic E-state index is 0. The Bertz CT molecular complexity index is 15.7. The molecule has 0 heterocycles. The molecule has 8 heavy (non-hydrogen) atoms. The molecule has 8 heteroatoms. The Labute approximate surface area is 76.0 Å². The molecule has 0 aliphatic heterocycles. The van der Waals surface area contributed by atoms with Crippen molar-refractivity contribution in [1.82, 2.24) is 0 Å². The van der Waals surface area contributed by atoms with Crippen LogP contribution >= 0.6 is 17.0 Å². The molecule has 0 saturated carbocycles. The largest absolute Gasteiger partial charge is 2.00 e. The molecule has 0 atom stereocenters. The van der Waals surface area contributed by atoms with E-state index in [1.807, 2.05) is 0 Å². The average Bonchev–Trinajstić information content (AvgIpc) is 0. The van der Waals surface area contributed by atoms with Crippen molar-refractivity contribution in [2.24, 2.45) is 0 Å². The molecule has 0 aromatic rings. The first-order valence-corrected chi connectivity index (χ1v) is 0. The van der Waals surface area contributed by atoms with Crippen molar-refractivity contribution in [3.63, 3.8) is 0 Å².